The first-order chi connectivity index (χ1) is 6.65. The van der Waals surface area contributed by atoms with Crippen LogP contribution in [0, 0.1) is 0 Å². The van der Waals surface area contributed by atoms with Crippen LogP contribution in [0.4, 0.5) is 0 Å². The van der Waals surface area contributed by atoms with Crippen LogP contribution in [0.25, 0.3) is 0 Å². The molecular formula is C11H25NOSi. The molecule has 1 aliphatic rings. The molecule has 0 bridgehead atoms. The fourth-order valence-corrected chi connectivity index (χ4v) is 5.36. The molecule has 3 heteroatoms. The third kappa shape index (κ3) is 2.81. The van der Waals surface area contributed by atoms with E-state index >= 15 is 0 Å². The first-order valence-corrected chi connectivity index (χ1v) is 8.62. The van der Waals surface area contributed by atoms with Gasteiger partial charge in [-0.3, -0.25) is 0 Å². The number of hydrogen-bond donors (Lipinski definition) is 1. The van der Waals surface area contributed by atoms with Crippen LogP contribution in [0.3, 0.4) is 0 Å². The van der Waals surface area contributed by atoms with Crippen molar-refractivity contribution >= 4 is 8.32 Å². The van der Waals surface area contributed by atoms with E-state index in [2.05, 4.69) is 20.8 Å². The molecule has 0 aromatic heterocycles. The minimum atomic E-state index is -1.37. The van der Waals surface area contributed by atoms with Crippen molar-refractivity contribution < 1.29 is 4.43 Å². The van der Waals surface area contributed by atoms with Crippen molar-refractivity contribution in [3.63, 3.8) is 0 Å². The third-order valence-electron chi connectivity index (χ3n) is 3.77. The lowest BCUT2D eigenvalue weighted by molar-refractivity contribution is 0.192. The van der Waals surface area contributed by atoms with Gasteiger partial charge in [-0.2, -0.15) is 0 Å². The van der Waals surface area contributed by atoms with Crippen molar-refractivity contribution in [2.75, 3.05) is 0 Å². The summed E-state index contributed by atoms with van der Waals surface area (Å²) >= 11 is 0. The maximum atomic E-state index is 6.38. The van der Waals surface area contributed by atoms with Crippen molar-refractivity contribution in [1.82, 2.24) is 0 Å². The molecule has 2 atom stereocenters. The van der Waals surface area contributed by atoms with E-state index < -0.39 is 8.32 Å². The number of rotatable bonds is 5. The summed E-state index contributed by atoms with van der Waals surface area (Å²) in [6.45, 7) is 6.86. The first kappa shape index (κ1) is 12.2. The average molecular weight is 215 g/mol. The first-order valence-electron chi connectivity index (χ1n) is 6.09. The van der Waals surface area contributed by atoms with Crippen molar-refractivity contribution in [3.05, 3.63) is 0 Å². The van der Waals surface area contributed by atoms with Gasteiger partial charge in [0, 0.05) is 12.1 Å². The summed E-state index contributed by atoms with van der Waals surface area (Å²) in [5.41, 5.74) is 5.90. The molecule has 14 heavy (non-hydrogen) atoms. The molecule has 84 valence electrons. The topological polar surface area (TPSA) is 35.2 Å². The Morgan fingerprint density at radius 1 is 1.14 bits per heavy atom. The lowest BCUT2D eigenvalue weighted by Crippen LogP contribution is -2.39. The molecule has 2 unspecified atom stereocenters. The van der Waals surface area contributed by atoms with Crippen LogP contribution in [-0.4, -0.2) is 20.5 Å². The van der Waals surface area contributed by atoms with Crippen LogP contribution < -0.4 is 5.73 Å². The zero-order chi connectivity index (χ0) is 10.6. The quantitative estimate of drug-likeness (QED) is 0.716. The Morgan fingerprint density at radius 2 is 1.71 bits per heavy atom. The van der Waals surface area contributed by atoms with Gasteiger partial charge in [0.15, 0.2) is 8.32 Å². The molecular weight excluding hydrogens is 190 g/mol. The Kier molecular flexibility index (Phi) is 4.61. The fraction of sp³-hybridized carbons (Fsp3) is 1.00. The Hall–Kier alpha value is 0.137. The van der Waals surface area contributed by atoms with Crippen molar-refractivity contribution in [2.24, 2.45) is 5.73 Å². The minimum absolute atomic E-state index is 0.400. The molecule has 2 N–H and O–H groups in total. The van der Waals surface area contributed by atoms with E-state index in [-0.39, 0.29) is 0 Å². The third-order valence-corrected chi connectivity index (χ3v) is 8.47. The van der Waals surface area contributed by atoms with Gasteiger partial charge < -0.3 is 10.2 Å². The smallest absolute Gasteiger partial charge is 0.192 e. The second-order valence-electron chi connectivity index (χ2n) is 4.56. The van der Waals surface area contributed by atoms with E-state index in [1.54, 1.807) is 0 Å². The zero-order valence-corrected chi connectivity index (χ0v) is 10.9. The Bertz CT molecular complexity index is 162. The van der Waals surface area contributed by atoms with E-state index in [4.69, 9.17) is 10.2 Å². The van der Waals surface area contributed by atoms with Crippen LogP contribution >= 0.6 is 0 Å². The van der Waals surface area contributed by atoms with E-state index in [0.717, 1.165) is 12.8 Å². The van der Waals surface area contributed by atoms with Gasteiger partial charge >= 0.3 is 0 Å². The predicted octanol–water partition coefficient (Wildman–Crippen LogP) is 2.89. The highest BCUT2D eigenvalue weighted by Crippen LogP contribution is 2.29. The molecule has 1 rings (SSSR count). The number of hydrogen-bond acceptors (Lipinski definition) is 2. The van der Waals surface area contributed by atoms with Crippen molar-refractivity contribution in [3.8, 4) is 0 Å². The van der Waals surface area contributed by atoms with Gasteiger partial charge in [-0.05, 0) is 37.4 Å². The molecule has 0 aliphatic heterocycles. The van der Waals surface area contributed by atoms with Gasteiger partial charge in [0.2, 0.25) is 0 Å². The van der Waals surface area contributed by atoms with E-state index in [9.17, 15) is 0 Å². The Labute approximate surface area is 89.3 Å². The standard InChI is InChI=1S/C11H25NOSi/c1-4-14(5-2,6-3)13-11-8-7-10(12)9-11/h10-11H,4-9,12H2,1-3H3. The van der Waals surface area contributed by atoms with Gasteiger partial charge in [0.25, 0.3) is 0 Å². The predicted molar refractivity (Wildman–Crippen MR) is 63.9 cm³/mol. The SMILES string of the molecule is CC[Si](CC)(CC)OC1CCC(N)C1. The molecule has 0 aromatic carbocycles. The molecule has 0 heterocycles. The number of nitrogens with two attached hydrogens (primary N) is 1. The molecule has 1 fully saturated rings. The zero-order valence-electron chi connectivity index (χ0n) is 9.88. The molecule has 0 radical (unpaired) electrons. The van der Waals surface area contributed by atoms with Crippen molar-refractivity contribution in [1.29, 1.82) is 0 Å². The highest BCUT2D eigenvalue weighted by Gasteiger charge is 2.34. The van der Waals surface area contributed by atoms with E-state index in [1.165, 1.54) is 24.6 Å². The van der Waals surface area contributed by atoms with Gasteiger partial charge in [0.1, 0.15) is 0 Å². The summed E-state index contributed by atoms with van der Waals surface area (Å²) in [5.74, 6) is 0. The average Bonchev–Trinajstić information content (AvgIpc) is 2.61. The molecule has 0 saturated heterocycles. The summed E-state index contributed by atoms with van der Waals surface area (Å²) in [6, 6.07) is 4.17. The van der Waals surface area contributed by atoms with Crippen LogP contribution in [0.2, 0.25) is 18.1 Å². The summed E-state index contributed by atoms with van der Waals surface area (Å²) in [5, 5.41) is 0. The molecule has 0 amide bonds. The molecule has 0 aromatic rings. The van der Waals surface area contributed by atoms with Crippen LogP contribution in [-0.2, 0) is 4.43 Å². The van der Waals surface area contributed by atoms with Gasteiger partial charge in [0.05, 0.1) is 0 Å². The fourth-order valence-electron chi connectivity index (χ4n) is 2.43. The summed E-state index contributed by atoms with van der Waals surface area (Å²) in [4.78, 5) is 0. The molecule has 1 aliphatic carbocycles. The minimum Gasteiger partial charge on any atom is -0.414 e. The summed E-state index contributed by atoms with van der Waals surface area (Å²) < 4.78 is 6.38. The van der Waals surface area contributed by atoms with Crippen molar-refractivity contribution in [2.45, 2.75) is 70.3 Å². The second kappa shape index (κ2) is 5.28. The van der Waals surface area contributed by atoms with Crippen LogP contribution in [0.5, 0.6) is 0 Å². The highest BCUT2D eigenvalue weighted by molar-refractivity contribution is 6.73. The van der Waals surface area contributed by atoms with Crippen LogP contribution in [0.15, 0.2) is 0 Å². The molecule has 1 saturated carbocycles. The van der Waals surface area contributed by atoms with E-state index in [1.807, 2.05) is 0 Å². The Balaban J connectivity index is 2.47. The maximum absolute atomic E-state index is 6.38. The van der Waals surface area contributed by atoms with Crippen LogP contribution in [0.1, 0.15) is 40.0 Å². The molecule has 2 nitrogen and oxygen atoms in total. The summed E-state index contributed by atoms with van der Waals surface area (Å²) in [7, 11) is -1.37. The van der Waals surface area contributed by atoms with Gasteiger partial charge in [-0.1, -0.05) is 20.8 Å². The largest absolute Gasteiger partial charge is 0.414 e. The van der Waals surface area contributed by atoms with Gasteiger partial charge in [-0.25, -0.2) is 0 Å². The molecule has 0 spiro atoms. The second-order valence-corrected chi connectivity index (χ2v) is 9.28. The lowest BCUT2D eigenvalue weighted by atomic mass is 10.3. The maximum Gasteiger partial charge on any atom is 0.192 e. The summed E-state index contributed by atoms with van der Waals surface area (Å²) in [6.07, 6.45) is 3.92. The normalized spacial score (nSPS) is 28.3. The van der Waals surface area contributed by atoms with E-state index in [0.29, 0.717) is 12.1 Å². The monoisotopic (exact) mass is 215 g/mol. The highest BCUT2D eigenvalue weighted by atomic mass is 28.4. The lowest BCUT2D eigenvalue weighted by Gasteiger charge is -2.31. The van der Waals surface area contributed by atoms with Gasteiger partial charge in [-0.15, -0.1) is 0 Å². The Morgan fingerprint density at radius 3 is 2.07 bits per heavy atom.